The van der Waals surface area contributed by atoms with E-state index in [0.717, 1.165) is 22.4 Å². The lowest BCUT2D eigenvalue weighted by molar-refractivity contribution is 0.0396. The van der Waals surface area contributed by atoms with E-state index >= 15 is 0 Å². The molecule has 13 heteroatoms. The van der Waals surface area contributed by atoms with Gasteiger partial charge in [-0.15, -0.1) is 0 Å². The Labute approximate surface area is 212 Å². The third-order valence-corrected chi connectivity index (χ3v) is 6.66. The largest absolute Gasteiger partial charge is 0.465 e. The number of likely N-dealkylation sites (tertiary alicyclic amines) is 1. The van der Waals surface area contributed by atoms with Crippen LogP contribution in [-0.4, -0.2) is 88.0 Å². The van der Waals surface area contributed by atoms with E-state index in [0.29, 0.717) is 51.3 Å². The smallest absolute Gasteiger partial charge is 0.411 e. The Balaban J connectivity index is 1.28. The van der Waals surface area contributed by atoms with E-state index in [1.807, 2.05) is 16.8 Å². The van der Waals surface area contributed by atoms with Crippen molar-refractivity contribution in [3.8, 4) is 0 Å². The van der Waals surface area contributed by atoms with E-state index in [1.54, 1.807) is 18.3 Å². The van der Waals surface area contributed by atoms with Crippen molar-refractivity contribution >= 4 is 34.7 Å². The third kappa shape index (κ3) is 5.40. The number of ether oxygens (including phenoxy) is 2. The molecule has 0 spiro atoms. The quantitative estimate of drug-likeness (QED) is 0.509. The maximum atomic E-state index is 12.2. The number of carboxylic acid groups (broad SMARTS) is 1. The lowest BCUT2D eigenvalue weighted by Crippen LogP contribution is -2.39. The van der Waals surface area contributed by atoms with Gasteiger partial charge in [-0.05, 0) is 30.5 Å². The molecule has 2 aromatic heterocycles. The maximum absolute atomic E-state index is 12.2. The molecule has 2 saturated heterocycles. The van der Waals surface area contributed by atoms with Crippen LogP contribution in [0, 0.1) is 0 Å². The molecule has 1 aromatic carbocycles. The molecule has 0 saturated carbocycles. The summed E-state index contributed by atoms with van der Waals surface area (Å²) in [7, 11) is 0. The Morgan fingerprint density at radius 1 is 1.16 bits per heavy atom. The number of morpholine rings is 1. The number of hydrogen-bond donors (Lipinski definition) is 2. The second kappa shape index (κ2) is 10.9. The molecule has 2 aliphatic rings. The van der Waals surface area contributed by atoms with Crippen molar-refractivity contribution in [1.29, 1.82) is 0 Å². The lowest BCUT2D eigenvalue weighted by atomic mass is 10.1. The van der Waals surface area contributed by atoms with Gasteiger partial charge in [0.2, 0.25) is 0 Å². The third-order valence-electron chi connectivity index (χ3n) is 6.66. The number of carbonyl (C=O) groups excluding carboxylic acids is 1. The second-order valence-corrected chi connectivity index (χ2v) is 8.90. The van der Waals surface area contributed by atoms with Gasteiger partial charge in [0.25, 0.3) is 0 Å². The molecule has 0 bridgehead atoms. The predicted molar refractivity (Wildman–Crippen MR) is 131 cm³/mol. The van der Waals surface area contributed by atoms with Gasteiger partial charge in [-0.2, -0.15) is 5.10 Å². The summed E-state index contributed by atoms with van der Waals surface area (Å²) in [6.07, 6.45) is 2.88. The van der Waals surface area contributed by atoms with Crippen molar-refractivity contribution in [1.82, 2.24) is 24.6 Å². The van der Waals surface area contributed by atoms with Crippen LogP contribution in [0.3, 0.4) is 0 Å². The summed E-state index contributed by atoms with van der Waals surface area (Å²) in [4.78, 5) is 35.5. The number of alkyl halides is 1. The SMILES string of the molecule is O=C(Nc1ccc(C2CN(c3ncnc4c3cnn4C3CCN(C(=O)O)CC3)CCO2)cc1)OCCF. The second-order valence-electron chi connectivity index (χ2n) is 8.90. The summed E-state index contributed by atoms with van der Waals surface area (Å²) in [6, 6.07) is 7.31. The van der Waals surface area contributed by atoms with Crippen LogP contribution >= 0.6 is 0 Å². The fourth-order valence-electron chi connectivity index (χ4n) is 4.78. The Morgan fingerprint density at radius 3 is 2.68 bits per heavy atom. The summed E-state index contributed by atoms with van der Waals surface area (Å²) in [5.74, 6) is 0.779. The van der Waals surface area contributed by atoms with Gasteiger partial charge in [-0.3, -0.25) is 5.32 Å². The molecule has 2 N–H and O–H groups in total. The summed E-state index contributed by atoms with van der Waals surface area (Å²) in [5, 5.41) is 17.2. The molecule has 0 radical (unpaired) electrons. The van der Waals surface area contributed by atoms with Crippen molar-refractivity contribution in [3.05, 3.63) is 42.4 Å². The number of piperidine rings is 1. The summed E-state index contributed by atoms with van der Waals surface area (Å²) >= 11 is 0. The van der Waals surface area contributed by atoms with Crippen molar-refractivity contribution in [3.63, 3.8) is 0 Å². The Hall–Kier alpha value is -4.00. The standard InChI is InChI=1S/C24H28FN7O5/c25-7-11-37-23(33)29-17-3-1-16(2-4-17)20-14-31(10-12-36-20)21-19-13-28-32(22(19)27-15-26-21)18-5-8-30(9-6-18)24(34)35/h1-4,13,15,18,20H,5-12,14H2,(H,29,33)(H,34,35). The maximum Gasteiger partial charge on any atom is 0.411 e. The van der Waals surface area contributed by atoms with Gasteiger partial charge in [0.1, 0.15) is 31.5 Å². The first-order valence-electron chi connectivity index (χ1n) is 12.2. The minimum absolute atomic E-state index is 0.0784. The highest BCUT2D eigenvalue weighted by molar-refractivity contribution is 5.87. The van der Waals surface area contributed by atoms with Crippen LogP contribution in [0.25, 0.3) is 11.0 Å². The first-order valence-corrected chi connectivity index (χ1v) is 12.2. The fourth-order valence-corrected chi connectivity index (χ4v) is 4.78. The Kier molecular flexibility index (Phi) is 7.30. The molecular formula is C24H28FN7O5. The Bertz CT molecular complexity index is 1250. The first kappa shape index (κ1) is 24.7. The van der Waals surface area contributed by atoms with Crippen LogP contribution in [-0.2, 0) is 9.47 Å². The van der Waals surface area contributed by atoms with Crippen molar-refractivity contribution in [2.45, 2.75) is 25.0 Å². The van der Waals surface area contributed by atoms with E-state index < -0.39 is 18.9 Å². The number of carbonyl (C=O) groups is 2. The van der Waals surface area contributed by atoms with Crippen molar-refractivity contribution < 1.29 is 28.6 Å². The van der Waals surface area contributed by atoms with Crippen molar-refractivity contribution in [2.75, 3.05) is 56.3 Å². The molecule has 2 aliphatic heterocycles. The van der Waals surface area contributed by atoms with E-state index in [-0.39, 0.29) is 18.8 Å². The van der Waals surface area contributed by atoms with Crippen molar-refractivity contribution in [2.24, 2.45) is 0 Å². The number of nitrogens with one attached hydrogen (secondary N) is 1. The number of aromatic nitrogens is 4. The van der Waals surface area contributed by atoms with Crippen LogP contribution in [0.5, 0.6) is 0 Å². The van der Waals surface area contributed by atoms with Crippen LogP contribution in [0.2, 0.25) is 0 Å². The molecule has 1 unspecified atom stereocenters. The van der Waals surface area contributed by atoms with Gasteiger partial charge < -0.3 is 24.4 Å². The van der Waals surface area contributed by atoms with E-state index in [2.05, 4.69) is 25.3 Å². The summed E-state index contributed by atoms with van der Waals surface area (Å²) in [5.41, 5.74) is 2.22. The van der Waals surface area contributed by atoms with Crippen LogP contribution < -0.4 is 10.2 Å². The van der Waals surface area contributed by atoms with Gasteiger partial charge >= 0.3 is 12.2 Å². The van der Waals surface area contributed by atoms with E-state index in [1.165, 1.54) is 11.2 Å². The number of hydrogen-bond acceptors (Lipinski definition) is 8. The molecular weight excluding hydrogens is 485 g/mol. The highest BCUT2D eigenvalue weighted by atomic mass is 19.1. The van der Waals surface area contributed by atoms with E-state index in [9.17, 15) is 19.1 Å². The zero-order valence-corrected chi connectivity index (χ0v) is 20.1. The van der Waals surface area contributed by atoms with Crippen LogP contribution in [0.15, 0.2) is 36.8 Å². The molecule has 196 valence electrons. The highest BCUT2D eigenvalue weighted by Gasteiger charge is 2.28. The normalized spacial score (nSPS) is 18.7. The molecule has 1 atom stereocenters. The minimum Gasteiger partial charge on any atom is -0.465 e. The number of benzene rings is 1. The highest BCUT2D eigenvalue weighted by Crippen LogP contribution is 2.32. The minimum atomic E-state index is -0.891. The predicted octanol–water partition coefficient (Wildman–Crippen LogP) is 3.24. The summed E-state index contributed by atoms with van der Waals surface area (Å²) in [6.45, 7) is 1.66. The number of nitrogens with zero attached hydrogens (tertiary/aromatic N) is 6. The van der Waals surface area contributed by atoms with Crippen LogP contribution in [0.1, 0.15) is 30.6 Å². The van der Waals surface area contributed by atoms with Gasteiger partial charge in [0.05, 0.1) is 24.2 Å². The molecule has 0 aliphatic carbocycles. The van der Waals surface area contributed by atoms with Gasteiger partial charge in [-0.1, -0.05) is 12.1 Å². The lowest BCUT2D eigenvalue weighted by Gasteiger charge is -2.34. The fraction of sp³-hybridized carbons (Fsp3) is 0.458. The molecule has 37 heavy (non-hydrogen) atoms. The summed E-state index contributed by atoms with van der Waals surface area (Å²) < 4.78 is 24.8. The molecule has 12 nitrogen and oxygen atoms in total. The van der Waals surface area contributed by atoms with Crippen LogP contribution in [0.4, 0.5) is 25.5 Å². The molecule has 2 amide bonds. The number of fused-ring (bicyclic) bond motifs is 1. The molecule has 4 heterocycles. The first-order chi connectivity index (χ1) is 18.0. The topological polar surface area (TPSA) is 135 Å². The zero-order valence-electron chi connectivity index (χ0n) is 20.1. The number of anilines is 2. The number of amides is 2. The average Bonchev–Trinajstić information content (AvgIpc) is 3.37. The molecule has 2 fully saturated rings. The van der Waals surface area contributed by atoms with Gasteiger partial charge in [-0.25, -0.2) is 28.6 Å². The molecule has 3 aromatic rings. The average molecular weight is 514 g/mol. The molecule has 5 rings (SSSR count). The zero-order chi connectivity index (χ0) is 25.8. The van der Waals surface area contributed by atoms with Gasteiger partial charge in [0.15, 0.2) is 5.65 Å². The monoisotopic (exact) mass is 513 g/mol. The van der Waals surface area contributed by atoms with E-state index in [4.69, 9.17) is 9.47 Å². The number of halogens is 1. The van der Waals surface area contributed by atoms with Gasteiger partial charge in [0, 0.05) is 31.9 Å². The Morgan fingerprint density at radius 2 is 1.95 bits per heavy atom. The number of rotatable bonds is 6.